The van der Waals surface area contributed by atoms with Crippen molar-refractivity contribution in [2.75, 3.05) is 17.4 Å². The van der Waals surface area contributed by atoms with Gasteiger partial charge in [-0.15, -0.1) is 0 Å². The number of carbonyl (C=O) groups is 2. The number of amides is 2. The van der Waals surface area contributed by atoms with Crippen LogP contribution in [0.4, 0.5) is 17.1 Å². The normalized spacial score (nSPS) is 17.2. The molecule has 0 unspecified atom stereocenters. The summed E-state index contributed by atoms with van der Waals surface area (Å²) < 4.78 is 16.1. The van der Waals surface area contributed by atoms with E-state index in [9.17, 15) is 19.7 Å². The molecular formula is C20H17N3O7. The number of fused-ring (bicyclic) bond motifs is 2. The Morgan fingerprint density at radius 1 is 1.33 bits per heavy atom. The van der Waals surface area contributed by atoms with Gasteiger partial charge >= 0.3 is 0 Å². The van der Waals surface area contributed by atoms with Crippen LogP contribution in [0, 0.1) is 10.1 Å². The molecule has 10 heteroatoms. The van der Waals surface area contributed by atoms with E-state index in [2.05, 4.69) is 10.6 Å². The van der Waals surface area contributed by atoms with Crippen molar-refractivity contribution in [3.8, 4) is 11.5 Å². The zero-order valence-electron chi connectivity index (χ0n) is 15.8. The fourth-order valence-electron chi connectivity index (χ4n) is 3.10. The van der Waals surface area contributed by atoms with Gasteiger partial charge in [-0.3, -0.25) is 19.7 Å². The molecule has 10 nitrogen and oxygen atoms in total. The summed E-state index contributed by atoms with van der Waals surface area (Å²) in [7, 11) is 0. The molecule has 30 heavy (non-hydrogen) atoms. The third-order valence-electron chi connectivity index (χ3n) is 4.53. The van der Waals surface area contributed by atoms with Crippen LogP contribution in [-0.2, 0) is 20.9 Å². The molecule has 4 rings (SSSR count). The highest BCUT2D eigenvalue weighted by Crippen LogP contribution is 2.34. The Bertz CT molecular complexity index is 1080. The maximum atomic E-state index is 12.3. The van der Waals surface area contributed by atoms with Gasteiger partial charge in [0, 0.05) is 35.0 Å². The van der Waals surface area contributed by atoms with E-state index in [1.54, 1.807) is 25.1 Å². The summed E-state index contributed by atoms with van der Waals surface area (Å²) in [5.74, 6) is 0.223. The fraction of sp³-hybridized carbons (Fsp3) is 0.200. The van der Waals surface area contributed by atoms with Crippen LogP contribution in [-0.4, -0.2) is 29.6 Å². The molecule has 0 saturated carbocycles. The predicted molar refractivity (Wildman–Crippen MR) is 106 cm³/mol. The molecule has 2 aliphatic heterocycles. The van der Waals surface area contributed by atoms with E-state index >= 15 is 0 Å². The zero-order chi connectivity index (χ0) is 21.3. The molecule has 0 saturated heterocycles. The lowest BCUT2D eigenvalue weighted by Crippen LogP contribution is -2.34. The fourth-order valence-corrected chi connectivity index (χ4v) is 3.10. The van der Waals surface area contributed by atoms with Gasteiger partial charge in [0.05, 0.1) is 17.2 Å². The third kappa shape index (κ3) is 3.94. The Labute approximate surface area is 170 Å². The molecule has 0 aliphatic carbocycles. The van der Waals surface area contributed by atoms with E-state index in [4.69, 9.17) is 14.2 Å². The number of nitro benzene ring substituents is 1. The highest BCUT2D eigenvalue weighted by atomic mass is 16.7. The number of nitro groups is 1. The number of rotatable bonds is 4. The van der Waals surface area contributed by atoms with Gasteiger partial charge in [-0.05, 0) is 31.2 Å². The number of hydrogen-bond donors (Lipinski definition) is 2. The van der Waals surface area contributed by atoms with Crippen LogP contribution in [0.25, 0.3) is 6.08 Å². The molecule has 0 radical (unpaired) electrons. The topological polar surface area (TPSA) is 129 Å². The Kier molecular flexibility index (Phi) is 5.07. The summed E-state index contributed by atoms with van der Waals surface area (Å²) in [5, 5.41) is 16.5. The first-order valence-corrected chi connectivity index (χ1v) is 9.03. The highest BCUT2D eigenvalue weighted by Gasteiger charge is 2.24. The van der Waals surface area contributed by atoms with Crippen molar-refractivity contribution in [3.05, 3.63) is 57.6 Å². The predicted octanol–water partition coefficient (Wildman–Crippen LogP) is 2.83. The second-order valence-electron chi connectivity index (χ2n) is 6.67. The number of ether oxygens (including phenoxy) is 3. The molecule has 2 N–H and O–H groups in total. The van der Waals surface area contributed by atoms with E-state index in [0.29, 0.717) is 34.0 Å². The zero-order valence-corrected chi connectivity index (χ0v) is 15.8. The van der Waals surface area contributed by atoms with Crippen molar-refractivity contribution >= 4 is 35.0 Å². The monoisotopic (exact) mass is 411 g/mol. The lowest BCUT2D eigenvalue weighted by Gasteiger charge is -2.23. The van der Waals surface area contributed by atoms with E-state index in [1.807, 2.05) is 0 Å². The van der Waals surface area contributed by atoms with Gasteiger partial charge in [0.2, 0.25) is 5.91 Å². The van der Waals surface area contributed by atoms with Crippen LogP contribution >= 0.6 is 0 Å². The largest absolute Gasteiger partial charge is 0.479 e. The molecule has 154 valence electrons. The summed E-state index contributed by atoms with van der Waals surface area (Å²) in [6.45, 7) is 1.85. The van der Waals surface area contributed by atoms with Crippen LogP contribution < -0.4 is 20.1 Å². The second kappa shape index (κ2) is 7.84. The maximum absolute atomic E-state index is 12.3. The Morgan fingerprint density at radius 3 is 2.97 bits per heavy atom. The van der Waals surface area contributed by atoms with Crippen LogP contribution in [0.5, 0.6) is 11.5 Å². The quantitative estimate of drug-likeness (QED) is 0.450. The van der Waals surface area contributed by atoms with Crippen LogP contribution in [0.1, 0.15) is 18.1 Å². The molecule has 0 fully saturated rings. The molecular weight excluding hydrogens is 394 g/mol. The number of anilines is 2. The molecule has 2 heterocycles. The maximum Gasteiger partial charge on any atom is 0.270 e. The van der Waals surface area contributed by atoms with Gasteiger partial charge in [0.15, 0.2) is 12.9 Å². The van der Waals surface area contributed by atoms with Crippen LogP contribution in [0.3, 0.4) is 0 Å². The third-order valence-corrected chi connectivity index (χ3v) is 4.53. The smallest absolute Gasteiger partial charge is 0.270 e. The minimum Gasteiger partial charge on any atom is -0.479 e. The summed E-state index contributed by atoms with van der Waals surface area (Å²) in [6.07, 6.45) is 2.10. The second-order valence-corrected chi connectivity index (χ2v) is 6.67. The standard InChI is InChI=1S/C20H17N3O7/c1-11-20(25)22-16-8-14(3-4-17(16)30-11)21-18(24)5-2-12-6-15(23(26)27)7-13-9-28-10-29-19(12)13/h2-8,11H,9-10H2,1H3,(H,21,24)(H,22,25)/b5-2+/t11-/m1/s1. The lowest BCUT2D eigenvalue weighted by atomic mass is 10.1. The van der Waals surface area contributed by atoms with Crippen molar-refractivity contribution in [3.63, 3.8) is 0 Å². The number of nitrogens with one attached hydrogen (secondary N) is 2. The van der Waals surface area contributed by atoms with Gasteiger partial charge in [-0.2, -0.15) is 0 Å². The van der Waals surface area contributed by atoms with Crippen molar-refractivity contribution in [1.29, 1.82) is 0 Å². The average Bonchev–Trinajstić information content (AvgIpc) is 2.72. The van der Waals surface area contributed by atoms with Gasteiger partial charge in [-0.25, -0.2) is 0 Å². The molecule has 2 amide bonds. The van der Waals surface area contributed by atoms with Crippen molar-refractivity contribution < 1.29 is 28.7 Å². The summed E-state index contributed by atoms with van der Waals surface area (Å²) in [4.78, 5) is 34.7. The number of carbonyl (C=O) groups excluding carboxylic acids is 2. The molecule has 1 atom stereocenters. The van der Waals surface area contributed by atoms with Gasteiger partial charge in [-0.1, -0.05) is 0 Å². The number of hydrogen-bond acceptors (Lipinski definition) is 7. The average molecular weight is 411 g/mol. The van der Waals surface area contributed by atoms with Crippen molar-refractivity contribution in [2.45, 2.75) is 19.6 Å². The molecule has 2 aliphatic rings. The number of non-ortho nitro benzene ring substituents is 1. The lowest BCUT2D eigenvalue weighted by molar-refractivity contribution is -0.385. The first-order valence-electron chi connectivity index (χ1n) is 9.03. The van der Waals surface area contributed by atoms with Crippen molar-refractivity contribution in [2.24, 2.45) is 0 Å². The molecule has 0 bridgehead atoms. The van der Waals surface area contributed by atoms with Crippen LogP contribution in [0.15, 0.2) is 36.4 Å². The van der Waals surface area contributed by atoms with Gasteiger partial charge < -0.3 is 24.8 Å². The number of nitrogens with zero attached hydrogens (tertiary/aromatic N) is 1. The van der Waals surface area contributed by atoms with Gasteiger partial charge in [0.25, 0.3) is 11.6 Å². The SMILES string of the molecule is C[C@H]1Oc2ccc(NC(=O)/C=C/c3cc([N+](=O)[O-])cc4c3OCOC4)cc2NC1=O. The summed E-state index contributed by atoms with van der Waals surface area (Å²) in [6, 6.07) is 7.59. The summed E-state index contributed by atoms with van der Waals surface area (Å²) >= 11 is 0. The first kappa shape index (κ1) is 19.4. The van der Waals surface area contributed by atoms with Crippen molar-refractivity contribution in [1.82, 2.24) is 0 Å². The Morgan fingerprint density at radius 2 is 2.17 bits per heavy atom. The van der Waals surface area contributed by atoms with Crippen LogP contribution in [0.2, 0.25) is 0 Å². The van der Waals surface area contributed by atoms with E-state index in [-0.39, 0.29) is 25.0 Å². The summed E-state index contributed by atoms with van der Waals surface area (Å²) in [5.41, 5.74) is 1.73. The minimum absolute atomic E-state index is 0.0272. The Balaban J connectivity index is 1.52. The highest BCUT2D eigenvalue weighted by molar-refractivity contribution is 6.03. The number of benzene rings is 2. The van der Waals surface area contributed by atoms with E-state index < -0.39 is 16.9 Å². The van der Waals surface area contributed by atoms with E-state index in [1.165, 1.54) is 24.3 Å². The minimum atomic E-state index is -0.589. The molecule has 0 spiro atoms. The molecule has 2 aromatic rings. The Hall–Kier alpha value is -3.92. The molecule has 0 aromatic heterocycles. The first-order chi connectivity index (χ1) is 14.4. The molecule has 2 aromatic carbocycles. The van der Waals surface area contributed by atoms with Gasteiger partial charge in [0.1, 0.15) is 11.5 Å². The van der Waals surface area contributed by atoms with E-state index in [0.717, 1.165) is 0 Å².